The number of carbonyl (C=O) groups excluding carboxylic acids is 1. The molecule has 1 aliphatic carbocycles. The quantitative estimate of drug-likeness (QED) is 0.915. The highest BCUT2D eigenvalue weighted by Crippen LogP contribution is 2.39. The van der Waals surface area contributed by atoms with Crippen LogP contribution in [0, 0.1) is 5.92 Å². The number of amides is 1. The van der Waals surface area contributed by atoms with E-state index >= 15 is 0 Å². The summed E-state index contributed by atoms with van der Waals surface area (Å²) in [6.45, 7) is 2.53. The van der Waals surface area contributed by atoms with Crippen molar-refractivity contribution in [2.45, 2.75) is 38.1 Å². The van der Waals surface area contributed by atoms with E-state index in [2.05, 4.69) is 15.2 Å². The maximum Gasteiger partial charge on any atom is 0.228 e. The number of hydrogen-bond donors (Lipinski definition) is 1. The molecule has 0 spiro atoms. The van der Waals surface area contributed by atoms with E-state index < -0.39 is 0 Å². The van der Waals surface area contributed by atoms with E-state index in [4.69, 9.17) is 4.42 Å². The van der Waals surface area contributed by atoms with Gasteiger partial charge in [-0.05, 0) is 44.4 Å². The Morgan fingerprint density at radius 2 is 2.08 bits per heavy atom. The van der Waals surface area contributed by atoms with Gasteiger partial charge in [0, 0.05) is 18.2 Å². The number of para-hydroxylation sites is 1. The minimum Gasteiger partial charge on any atom is -0.444 e. The molecule has 1 N–H and O–H groups in total. The Labute approximate surface area is 142 Å². The molecule has 0 radical (unpaired) electrons. The Bertz CT molecular complexity index is 694. The predicted octanol–water partition coefficient (Wildman–Crippen LogP) is 3.40. The highest BCUT2D eigenvalue weighted by molar-refractivity contribution is 5.92. The van der Waals surface area contributed by atoms with E-state index in [9.17, 15) is 4.79 Å². The van der Waals surface area contributed by atoms with E-state index in [1.165, 1.54) is 12.8 Å². The standard InChI is InChI=1S/C19H23N3O2/c23-18(21-16-6-2-1-3-7-16)15-5-4-10-22(12-15)13-17-11-20-19(24-17)14-8-9-14/h1-3,6-7,11,14-15H,4-5,8-10,12-13H2,(H,21,23). The highest BCUT2D eigenvalue weighted by Gasteiger charge is 2.30. The minimum atomic E-state index is 0.0322. The van der Waals surface area contributed by atoms with Gasteiger partial charge < -0.3 is 9.73 Å². The molecule has 1 saturated heterocycles. The molecule has 4 rings (SSSR count). The van der Waals surface area contributed by atoms with Crippen LogP contribution in [0.15, 0.2) is 40.9 Å². The summed E-state index contributed by atoms with van der Waals surface area (Å²) >= 11 is 0. The Morgan fingerprint density at radius 1 is 1.25 bits per heavy atom. The number of hydrogen-bond acceptors (Lipinski definition) is 4. The molecule has 24 heavy (non-hydrogen) atoms. The maximum absolute atomic E-state index is 12.5. The van der Waals surface area contributed by atoms with Crippen molar-refractivity contribution in [2.75, 3.05) is 18.4 Å². The maximum atomic E-state index is 12.5. The lowest BCUT2D eigenvalue weighted by atomic mass is 9.97. The van der Waals surface area contributed by atoms with Crippen molar-refractivity contribution >= 4 is 11.6 Å². The summed E-state index contributed by atoms with van der Waals surface area (Å²) in [6.07, 6.45) is 6.23. The van der Waals surface area contributed by atoms with Gasteiger partial charge in [0.15, 0.2) is 5.89 Å². The lowest BCUT2D eigenvalue weighted by Crippen LogP contribution is -2.40. The van der Waals surface area contributed by atoms with Gasteiger partial charge in [0.1, 0.15) is 5.76 Å². The normalized spacial score (nSPS) is 21.6. The van der Waals surface area contributed by atoms with Crippen molar-refractivity contribution in [1.29, 1.82) is 0 Å². The molecule has 1 unspecified atom stereocenters. The first-order chi connectivity index (χ1) is 11.8. The third-order valence-corrected chi connectivity index (χ3v) is 4.80. The van der Waals surface area contributed by atoms with E-state index in [0.29, 0.717) is 5.92 Å². The molecule has 1 atom stereocenters. The number of likely N-dealkylation sites (tertiary alicyclic amines) is 1. The van der Waals surface area contributed by atoms with Crippen molar-refractivity contribution in [2.24, 2.45) is 5.92 Å². The van der Waals surface area contributed by atoms with Crippen molar-refractivity contribution in [1.82, 2.24) is 9.88 Å². The van der Waals surface area contributed by atoms with E-state index in [1.54, 1.807) is 0 Å². The van der Waals surface area contributed by atoms with Gasteiger partial charge in [0.25, 0.3) is 0 Å². The molecule has 0 bridgehead atoms. The summed E-state index contributed by atoms with van der Waals surface area (Å²) in [5, 5.41) is 3.02. The Morgan fingerprint density at radius 3 is 2.88 bits per heavy atom. The number of nitrogens with one attached hydrogen (secondary N) is 1. The first-order valence-corrected chi connectivity index (χ1v) is 8.81. The lowest BCUT2D eigenvalue weighted by molar-refractivity contribution is -0.121. The summed E-state index contributed by atoms with van der Waals surface area (Å²) in [6, 6.07) is 9.67. The molecule has 1 aliphatic heterocycles. The summed E-state index contributed by atoms with van der Waals surface area (Å²) in [7, 11) is 0. The SMILES string of the molecule is O=C(Nc1ccccc1)C1CCCN(Cc2cnc(C3CC3)o2)C1. The third kappa shape index (κ3) is 3.67. The number of anilines is 1. The number of rotatable bonds is 5. The van der Waals surface area contributed by atoms with E-state index in [-0.39, 0.29) is 11.8 Å². The zero-order chi connectivity index (χ0) is 16.4. The molecule has 2 heterocycles. The first-order valence-electron chi connectivity index (χ1n) is 8.81. The average molecular weight is 325 g/mol. The highest BCUT2D eigenvalue weighted by atomic mass is 16.4. The van der Waals surface area contributed by atoms with Gasteiger partial charge in [-0.25, -0.2) is 4.98 Å². The van der Waals surface area contributed by atoms with Crippen LogP contribution in [0.2, 0.25) is 0 Å². The number of piperidine rings is 1. The molecule has 1 aromatic carbocycles. The molecule has 2 aliphatic rings. The molecule has 2 aromatic rings. The monoisotopic (exact) mass is 325 g/mol. The van der Waals surface area contributed by atoms with Crippen LogP contribution < -0.4 is 5.32 Å². The first kappa shape index (κ1) is 15.4. The average Bonchev–Trinajstić information content (AvgIpc) is 3.36. The van der Waals surface area contributed by atoms with Gasteiger partial charge in [-0.15, -0.1) is 0 Å². The fourth-order valence-corrected chi connectivity index (χ4v) is 3.31. The van der Waals surface area contributed by atoms with Gasteiger partial charge >= 0.3 is 0 Å². The number of oxazole rings is 1. The molecular formula is C19H23N3O2. The molecule has 1 amide bonds. The molecule has 5 nitrogen and oxygen atoms in total. The Kier molecular flexibility index (Phi) is 4.34. The second-order valence-corrected chi connectivity index (χ2v) is 6.87. The van der Waals surface area contributed by atoms with Crippen LogP contribution in [0.5, 0.6) is 0 Å². The fraction of sp³-hybridized carbons (Fsp3) is 0.474. The molecule has 126 valence electrons. The number of aromatic nitrogens is 1. The van der Waals surface area contributed by atoms with Gasteiger partial charge in [0.2, 0.25) is 5.91 Å². The van der Waals surface area contributed by atoms with Crippen LogP contribution in [-0.4, -0.2) is 28.9 Å². The topological polar surface area (TPSA) is 58.4 Å². The van der Waals surface area contributed by atoms with Gasteiger partial charge in [-0.3, -0.25) is 9.69 Å². The van der Waals surface area contributed by atoms with Crippen molar-refractivity contribution in [3.63, 3.8) is 0 Å². The van der Waals surface area contributed by atoms with Crippen LogP contribution in [0.3, 0.4) is 0 Å². The summed E-state index contributed by atoms with van der Waals surface area (Å²) < 4.78 is 5.85. The smallest absolute Gasteiger partial charge is 0.228 e. The van der Waals surface area contributed by atoms with Crippen molar-refractivity contribution in [3.8, 4) is 0 Å². The molecule has 1 aromatic heterocycles. The zero-order valence-corrected chi connectivity index (χ0v) is 13.8. The Hall–Kier alpha value is -2.14. The van der Waals surface area contributed by atoms with Crippen LogP contribution in [0.1, 0.15) is 43.3 Å². The largest absolute Gasteiger partial charge is 0.444 e. The van der Waals surface area contributed by atoms with E-state index in [0.717, 1.165) is 49.8 Å². The van der Waals surface area contributed by atoms with Gasteiger partial charge in [-0.2, -0.15) is 0 Å². The van der Waals surface area contributed by atoms with Crippen LogP contribution in [0.25, 0.3) is 0 Å². The second-order valence-electron chi connectivity index (χ2n) is 6.87. The number of nitrogens with zero attached hydrogens (tertiary/aromatic N) is 2. The van der Waals surface area contributed by atoms with E-state index in [1.807, 2.05) is 36.5 Å². The summed E-state index contributed by atoms with van der Waals surface area (Å²) in [5.41, 5.74) is 0.865. The van der Waals surface area contributed by atoms with Gasteiger partial charge in [-0.1, -0.05) is 18.2 Å². The summed E-state index contributed by atoms with van der Waals surface area (Å²) in [5.74, 6) is 2.50. The lowest BCUT2D eigenvalue weighted by Gasteiger charge is -2.31. The molecule has 1 saturated carbocycles. The van der Waals surface area contributed by atoms with Crippen LogP contribution >= 0.6 is 0 Å². The van der Waals surface area contributed by atoms with Crippen molar-refractivity contribution in [3.05, 3.63) is 48.2 Å². The molecule has 5 heteroatoms. The van der Waals surface area contributed by atoms with Crippen LogP contribution in [0.4, 0.5) is 5.69 Å². The molecular weight excluding hydrogens is 302 g/mol. The van der Waals surface area contributed by atoms with Crippen LogP contribution in [-0.2, 0) is 11.3 Å². The van der Waals surface area contributed by atoms with Gasteiger partial charge in [0.05, 0.1) is 18.7 Å². The number of carbonyl (C=O) groups is 1. The molecule has 2 fully saturated rings. The third-order valence-electron chi connectivity index (χ3n) is 4.80. The zero-order valence-electron chi connectivity index (χ0n) is 13.8. The minimum absolute atomic E-state index is 0.0322. The predicted molar refractivity (Wildman–Crippen MR) is 91.6 cm³/mol. The second kappa shape index (κ2) is 6.77. The summed E-state index contributed by atoms with van der Waals surface area (Å²) in [4.78, 5) is 19.2. The Balaban J connectivity index is 1.33. The fourth-order valence-electron chi connectivity index (χ4n) is 3.31. The number of benzene rings is 1. The van der Waals surface area contributed by atoms with Crippen molar-refractivity contribution < 1.29 is 9.21 Å².